The molecule has 0 bridgehead atoms. The summed E-state index contributed by atoms with van der Waals surface area (Å²) < 4.78 is 52.7. The van der Waals surface area contributed by atoms with Crippen LogP contribution in [-0.2, 0) is 10.0 Å². The molecule has 112 valence electrons. The summed E-state index contributed by atoms with van der Waals surface area (Å²) >= 11 is 0. The van der Waals surface area contributed by atoms with Gasteiger partial charge in [-0.25, -0.2) is 17.2 Å². The SMILES string of the molecule is Cc1cc(S(=O)(=O)N(C)c2cccc(O)c2)c(F)cc1F. The van der Waals surface area contributed by atoms with Crippen molar-refractivity contribution in [2.45, 2.75) is 11.8 Å². The number of halogens is 2. The maximum absolute atomic E-state index is 13.8. The molecule has 0 spiro atoms. The Balaban J connectivity index is 2.54. The van der Waals surface area contributed by atoms with Crippen molar-refractivity contribution in [3.8, 4) is 5.75 Å². The number of benzene rings is 2. The number of sulfonamides is 1. The number of hydrogen-bond donors (Lipinski definition) is 1. The third-order valence-electron chi connectivity index (χ3n) is 3.04. The first-order chi connectivity index (χ1) is 9.73. The van der Waals surface area contributed by atoms with Crippen LogP contribution < -0.4 is 4.31 Å². The number of phenols is 1. The first-order valence-electron chi connectivity index (χ1n) is 5.97. The van der Waals surface area contributed by atoms with E-state index in [-0.39, 0.29) is 17.0 Å². The largest absolute Gasteiger partial charge is 0.508 e. The van der Waals surface area contributed by atoms with E-state index in [1.807, 2.05) is 0 Å². The van der Waals surface area contributed by atoms with E-state index in [2.05, 4.69) is 0 Å². The minimum atomic E-state index is -4.20. The van der Waals surface area contributed by atoms with E-state index in [0.717, 1.165) is 10.4 Å². The molecule has 0 aromatic heterocycles. The van der Waals surface area contributed by atoms with Gasteiger partial charge >= 0.3 is 0 Å². The molecule has 1 N–H and O–H groups in total. The third kappa shape index (κ3) is 2.82. The molecule has 2 aromatic carbocycles. The van der Waals surface area contributed by atoms with E-state index in [9.17, 15) is 22.3 Å². The minimum absolute atomic E-state index is 0.0271. The van der Waals surface area contributed by atoms with Crippen molar-refractivity contribution in [3.63, 3.8) is 0 Å². The lowest BCUT2D eigenvalue weighted by Crippen LogP contribution is -2.27. The highest BCUT2D eigenvalue weighted by molar-refractivity contribution is 7.92. The van der Waals surface area contributed by atoms with Gasteiger partial charge in [-0.3, -0.25) is 4.31 Å². The summed E-state index contributed by atoms with van der Waals surface area (Å²) in [5.41, 5.74) is 0.190. The van der Waals surface area contributed by atoms with Crippen molar-refractivity contribution in [1.29, 1.82) is 0 Å². The van der Waals surface area contributed by atoms with Gasteiger partial charge in [0, 0.05) is 19.2 Å². The van der Waals surface area contributed by atoms with Crippen LogP contribution in [-0.4, -0.2) is 20.6 Å². The number of aromatic hydroxyl groups is 1. The van der Waals surface area contributed by atoms with Crippen LogP contribution in [0.15, 0.2) is 41.3 Å². The first-order valence-corrected chi connectivity index (χ1v) is 7.41. The van der Waals surface area contributed by atoms with Crippen LogP contribution in [0, 0.1) is 18.6 Å². The average molecular weight is 313 g/mol. The maximum Gasteiger partial charge on any atom is 0.267 e. The molecule has 0 saturated heterocycles. The van der Waals surface area contributed by atoms with Gasteiger partial charge in [-0.05, 0) is 30.7 Å². The second-order valence-electron chi connectivity index (χ2n) is 4.52. The number of nitrogens with zero attached hydrogens (tertiary/aromatic N) is 1. The van der Waals surface area contributed by atoms with Crippen LogP contribution in [0.25, 0.3) is 0 Å². The second kappa shape index (κ2) is 5.33. The summed E-state index contributed by atoms with van der Waals surface area (Å²) in [6, 6.07) is 7.00. The van der Waals surface area contributed by atoms with Gasteiger partial charge < -0.3 is 5.11 Å². The van der Waals surface area contributed by atoms with Gasteiger partial charge in [0.15, 0.2) is 0 Å². The van der Waals surface area contributed by atoms with Crippen molar-refractivity contribution in [3.05, 3.63) is 53.6 Å². The molecule has 0 heterocycles. The van der Waals surface area contributed by atoms with Crippen molar-refractivity contribution in [1.82, 2.24) is 0 Å². The zero-order valence-electron chi connectivity index (χ0n) is 11.3. The molecule has 0 amide bonds. The topological polar surface area (TPSA) is 57.6 Å². The van der Waals surface area contributed by atoms with E-state index in [1.54, 1.807) is 0 Å². The summed E-state index contributed by atoms with van der Waals surface area (Å²) in [6.07, 6.45) is 0. The smallest absolute Gasteiger partial charge is 0.267 e. The van der Waals surface area contributed by atoms with Crippen LogP contribution in [0.4, 0.5) is 14.5 Å². The van der Waals surface area contributed by atoms with Gasteiger partial charge in [0.2, 0.25) is 0 Å². The molecule has 4 nitrogen and oxygen atoms in total. The number of anilines is 1. The Morgan fingerprint density at radius 3 is 2.38 bits per heavy atom. The average Bonchev–Trinajstić information content (AvgIpc) is 2.41. The Morgan fingerprint density at radius 1 is 1.10 bits per heavy atom. The molecule has 0 aliphatic carbocycles. The van der Waals surface area contributed by atoms with Gasteiger partial charge in [-0.1, -0.05) is 6.07 Å². The number of rotatable bonds is 3. The van der Waals surface area contributed by atoms with Crippen LogP contribution >= 0.6 is 0 Å². The zero-order valence-corrected chi connectivity index (χ0v) is 12.2. The van der Waals surface area contributed by atoms with Crippen molar-refractivity contribution < 1.29 is 22.3 Å². The summed E-state index contributed by atoms with van der Waals surface area (Å²) in [4.78, 5) is -0.618. The lowest BCUT2D eigenvalue weighted by molar-refractivity contribution is 0.475. The Kier molecular flexibility index (Phi) is 3.87. The molecule has 0 radical (unpaired) electrons. The normalized spacial score (nSPS) is 11.4. The van der Waals surface area contributed by atoms with Crippen LogP contribution in [0.3, 0.4) is 0 Å². The lowest BCUT2D eigenvalue weighted by Gasteiger charge is -2.20. The highest BCUT2D eigenvalue weighted by Crippen LogP contribution is 2.27. The Hall–Kier alpha value is -2.15. The van der Waals surface area contributed by atoms with Gasteiger partial charge in [0.05, 0.1) is 5.69 Å². The van der Waals surface area contributed by atoms with Gasteiger partial charge in [-0.15, -0.1) is 0 Å². The monoisotopic (exact) mass is 313 g/mol. The number of aryl methyl sites for hydroxylation is 1. The van der Waals surface area contributed by atoms with E-state index in [1.165, 1.54) is 38.2 Å². The summed E-state index contributed by atoms with van der Waals surface area (Å²) in [6.45, 7) is 1.35. The Morgan fingerprint density at radius 2 is 1.76 bits per heavy atom. The Bertz CT molecular complexity index is 791. The van der Waals surface area contributed by atoms with Gasteiger partial charge in [0.1, 0.15) is 22.3 Å². The lowest BCUT2D eigenvalue weighted by atomic mass is 10.2. The third-order valence-corrected chi connectivity index (χ3v) is 4.85. The fraction of sp³-hybridized carbons (Fsp3) is 0.143. The molecule has 0 unspecified atom stereocenters. The highest BCUT2D eigenvalue weighted by atomic mass is 32.2. The molecule has 2 rings (SSSR count). The maximum atomic E-state index is 13.8. The zero-order chi connectivity index (χ0) is 15.8. The molecule has 0 aliphatic heterocycles. The first kappa shape index (κ1) is 15.2. The van der Waals surface area contributed by atoms with Gasteiger partial charge in [-0.2, -0.15) is 0 Å². The van der Waals surface area contributed by atoms with E-state index < -0.39 is 26.6 Å². The molecule has 0 saturated carbocycles. The van der Waals surface area contributed by atoms with Crippen molar-refractivity contribution in [2.24, 2.45) is 0 Å². The van der Waals surface area contributed by atoms with Crippen LogP contribution in [0.1, 0.15) is 5.56 Å². The second-order valence-corrected chi connectivity index (χ2v) is 6.46. The standard InChI is InChI=1S/C14H13F2NO3S/c1-9-6-14(13(16)8-12(9)15)21(19,20)17(2)10-4-3-5-11(18)7-10/h3-8,18H,1-2H3. The summed E-state index contributed by atoms with van der Waals surface area (Å²) in [7, 11) is -2.97. The van der Waals surface area contributed by atoms with Crippen molar-refractivity contribution >= 4 is 15.7 Å². The highest BCUT2D eigenvalue weighted by Gasteiger charge is 2.26. The predicted molar refractivity (Wildman–Crippen MR) is 74.8 cm³/mol. The molecule has 21 heavy (non-hydrogen) atoms. The molecular weight excluding hydrogens is 300 g/mol. The molecule has 2 aromatic rings. The van der Waals surface area contributed by atoms with Gasteiger partial charge in [0.25, 0.3) is 10.0 Å². The molecule has 0 aliphatic rings. The van der Waals surface area contributed by atoms with Crippen LogP contribution in [0.2, 0.25) is 0 Å². The minimum Gasteiger partial charge on any atom is -0.508 e. The fourth-order valence-corrected chi connectivity index (χ4v) is 3.12. The molecule has 0 atom stereocenters. The van der Waals surface area contributed by atoms with E-state index >= 15 is 0 Å². The number of phenolic OH excluding ortho intramolecular Hbond substituents is 1. The number of hydrogen-bond acceptors (Lipinski definition) is 3. The fourth-order valence-electron chi connectivity index (χ4n) is 1.80. The molecular formula is C14H13F2NO3S. The van der Waals surface area contributed by atoms with Crippen molar-refractivity contribution in [2.75, 3.05) is 11.4 Å². The molecule has 0 fully saturated rings. The van der Waals surface area contributed by atoms with E-state index in [4.69, 9.17) is 0 Å². The summed E-state index contributed by atoms with van der Waals surface area (Å²) in [5, 5.41) is 9.39. The Labute approximate surface area is 121 Å². The summed E-state index contributed by atoms with van der Waals surface area (Å²) in [5.74, 6) is -2.10. The quantitative estimate of drug-likeness (QED) is 0.948. The molecule has 7 heteroatoms. The van der Waals surface area contributed by atoms with Crippen LogP contribution in [0.5, 0.6) is 5.75 Å². The predicted octanol–water partition coefficient (Wildman–Crippen LogP) is 2.80. The van der Waals surface area contributed by atoms with E-state index in [0.29, 0.717) is 6.07 Å².